The fraction of sp³-hybridized carbons (Fsp3) is 0.538. The summed E-state index contributed by atoms with van der Waals surface area (Å²) >= 11 is 0. The second kappa shape index (κ2) is 4.34. The van der Waals surface area contributed by atoms with Crippen molar-refractivity contribution in [3.63, 3.8) is 0 Å². The van der Waals surface area contributed by atoms with Crippen LogP contribution in [0.15, 0.2) is 18.2 Å². The van der Waals surface area contributed by atoms with E-state index in [1.165, 1.54) is 11.3 Å². The predicted molar refractivity (Wildman–Crippen MR) is 67.8 cm³/mol. The average Bonchev–Trinajstić information content (AvgIpc) is 2.14. The Morgan fingerprint density at radius 3 is 2.38 bits per heavy atom. The highest BCUT2D eigenvalue weighted by atomic mass is 16.5. The quantitative estimate of drug-likeness (QED) is 0.737. The van der Waals surface area contributed by atoms with Gasteiger partial charge >= 0.3 is 0 Å². The number of nitrogen functional groups attached to an aromatic ring is 1. The van der Waals surface area contributed by atoms with E-state index in [0.717, 1.165) is 18.8 Å². The van der Waals surface area contributed by atoms with Crippen LogP contribution in [0.2, 0.25) is 0 Å². The highest BCUT2D eigenvalue weighted by Gasteiger charge is 2.22. The van der Waals surface area contributed by atoms with Crippen molar-refractivity contribution in [1.29, 1.82) is 0 Å². The van der Waals surface area contributed by atoms with Gasteiger partial charge in [0.2, 0.25) is 0 Å². The van der Waals surface area contributed by atoms with Crippen LogP contribution in [0.1, 0.15) is 19.4 Å². The number of hydrogen-bond acceptors (Lipinski definition) is 3. The lowest BCUT2D eigenvalue weighted by Crippen LogP contribution is -2.45. The molecule has 3 heteroatoms. The topological polar surface area (TPSA) is 38.5 Å². The molecule has 2 atom stereocenters. The number of benzene rings is 1. The van der Waals surface area contributed by atoms with E-state index >= 15 is 0 Å². The molecule has 88 valence electrons. The van der Waals surface area contributed by atoms with Gasteiger partial charge in [-0.2, -0.15) is 0 Å². The number of nitrogens with two attached hydrogens (primary N) is 1. The summed E-state index contributed by atoms with van der Waals surface area (Å²) in [5.41, 5.74) is 9.13. The third-order valence-corrected chi connectivity index (χ3v) is 2.87. The molecule has 0 aromatic heterocycles. The molecule has 1 aliphatic heterocycles. The summed E-state index contributed by atoms with van der Waals surface area (Å²) in [5.74, 6) is 0. The fourth-order valence-corrected chi connectivity index (χ4v) is 2.36. The normalized spacial score (nSPS) is 25.8. The smallest absolute Gasteiger partial charge is 0.0726 e. The lowest BCUT2D eigenvalue weighted by atomic mass is 10.1. The minimum Gasteiger partial charge on any atom is -0.399 e. The molecule has 2 unspecified atom stereocenters. The number of aryl methyl sites for hydroxylation is 1. The van der Waals surface area contributed by atoms with Crippen molar-refractivity contribution < 1.29 is 4.74 Å². The van der Waals surface area contributed by atoms with Crippen LogP contribution in [-0.4, -0.2) is 25.3 Å². The van der Waals surface area contributed by atoms with Gasteiger partial charge in [-0.3, -0.25) is 0 Å². The summed E-state index contributed by atoms with van der Waals surface area (Å²) in [6.07, 6.45) is 0.566. The molecule has 1 aliphatic rings. The summed E-state index contributed by atoms with van der Waals surface area (Å²) in [4.78, 5) is 2.35. The van der Waals surface area contributed by atoms with Crippen LogP contribution in [0, 0.1) is 6.92 Å². The zero-order valence-electron chi connectivity index (χ0n) is 10.2. The first-order valence-electron chi connectivity index (χ1n) is 5.82. The molecule has 1 saturated heterocycles. The number of rotatable bonds is 1. The van der Waals surface area contributed by atoms with Crippen LogP contribution in [0.25, 0.3) is 0 Å². The zero-order valence-corrected chi connectivity index (χ0v) is 10.2. The molecule has 1 fully saturated rings. The molecule has 0 bridgehead atoms. The average molecular weight is 220 g/mol. The van der Waals surface area contributed by atoms with Gasteiger partial charge in [-0.15, -0.1) is 0 Å². The van der Waals surface area contributed by atoms with Gasteiger partial charge in [0, 0.05) is 24.5 Å². The van der Waals surface area contributed by atoms with Crippen molar-refractivity contribution in [3.8, 4) is 0 Å². The van der Waals surface area contributed by atoms with E-state index < -0.39 is 0 Å². The Kier molecular flexibility index (Phi) is 3.06. The van der Waals surface area contributed by atoms with Crippen molar-refractivity contribution in [2.45, 2.75) is 33.0 Å². The Labute approximate surface area is 97.2 Å². The Morgan fingerprint density at radius 1 is 1.19 bits per heavy atom. The lowest BCUT2D eigenvalue weighted by molar-refractivity contribution is -0.00521. The van der Waals surface area contributed by atoms with Crippen LogP contribution in [0.4, 0.5) is 11.4 Å². The van der Waals surface area contributed by atoms with E-state index in [9.17, 15) is 0 Å². The molecule has 0 aliphatic carbocycles. The number of morpholine rings is 1. The van der Waals surface area contributed by atoms with Gasteiger partial charge in [-0.05, 0) is 44.5 Å². The van der Waals surface area contributed by atoms with Gasteiger partial charge in [0.05, 0.1) is 12.2 Å². The second-order valence-electron chi connectivity index (χ2n) is 4.76. The summed E-state index contributed by atoms with van der Waals surface area (Å²) in [5, 5.41) is 0. The summed E-state index contributed by atoms with van der Waals surface area (Å²) in [6, 6.07) is 6.22. The van der Waals surface area contributed by atoms with Crippen LogP contribution in [0.3, 0.4) is 0 Å². The molecule has 3 nitrogen and oxygen atoms in total. The first kappa shape index (κ1) is 11.3. The van der Waals surface area contributed by atoms with Gasteiger partial charge in [0.1, 0.15) is 0 Å². The molecule has 0 spiro atoms. The zero-order chi connectivity index (χ0) is 11.7. The molecule has 2 N–H and O–H groups in total. The molecule has 1 aromatic carbocycles. The third kappa shape index (κ3) is 2.47. The fourth-order valence-electron chi connectivity index (χ4n) is 2.36. The maximum atomic E-state index is 5.88. The summed E-state index contributed by atoms with van der Waals surface area (Å²) < 4.78 is 5.73. The van der Waals surface area contributed by atoms with Crippen molar-refractivity contribution in [1.82, 2.24) is 0 Å². The van der Waals surface area contributed by atoms with Crippen LogP contribution in [0.5, 0.6) is 0 Å². The van der Waals surface area contributed by atoms with Gasteiger partial charge in [-0.25, -0.2) is 0 Å². The van der Waals surface area contributed by atoms with E-state index in [0.29, 0.717) is 0 Å². The van der Waals surface area contributed by atoms with Gasteiger partial charge in [-0.1, -0.05) is 0 Å². The highest BCUT2D eigenvalue weighted by Crippen LogP contribution is 2.23. The SMILES string of the molecule is Cc1cc(N)cc(N2CC(C)OC(C)C2)c1. The van der Waals surface area contributed by atoms with E-state index in [1.807, 2.05) is 12.1 Å². The maximum Gasteiger partial charge on any atom is 0.0726 e. The van der Waals surface area contributed by atoms with Crippen molar-refractivity contribution in [2.24, 2.45) is 0 Å². The van der Waals surface area contributed by atoms with Crippen LogP contribution >= 0.6 is 0 Å². The monoisotopic (exact) mass is 220 g/mol. The molecule has 1 aromatic rings. The first-order chi connectivity index (χ1) is 7.54. The molecule has 2 rings (SSSR count). The minimum absolute atomic E-state index is 0.283. The van der Waals surface area contributed by atoms with E-state index in [-0.39, 0.29) is 12.2 Å². The van der Waals surface area contributed by atoms with Crippen molar-refractivity contribution >= 4 is 11.4 Å². The van der Waals surface area contributed by atoms with Crippen LogP contribution < -0.4 is 10.6 Å². The first-order valence-corrected chi connectivity index (χ1v) is 5.82. The predicted octanol–water partition coefficient (Wildman–Crippen LogP) is 2.19. The minimum atomic E-state index is 0.283. The number of nitrogens with zero attached hydrogens (tertiary/aromatic N) is 1. The Bertz CT molecular complexity index is 348. The van der Waals surface area contributed by atoms with Crippen LogP contribution in [-0.2, 0) is 4.74 Å². The van der Waals surface area contributed by atoms with E-state index in [1.54, 1.807) is 0 Å². The molecule has 0 amide bonds. The molecular formula is C13H20N2O. The van der Waals surface area contributed by atoms with E-state index in [4.69, 9.17) is 10.5 Å². The molecule has 0 radical (unpaired) electrons. The Hall–Kier alpha value is -1.22. The summed E-state index contributed by atoms with van der Waals surface area (Å²) in [6.45, 7) is 8.18. The maximum absolute atomic E-state index is 5.88. The highest BCUT2D eigenvalue weighted by molar-refractivity contribution is 5.58. The number of anilines is 2. The largest absolute Gasteiger partial charge is 0.399 e. The molecule has 1 heterocycles. The number of ether oxygens (including phenoxy) is 1. The standard InChI is InChI=1S/C13H20N2O/c1-9-4-12(14)6-13(5-9)15-7-10(2)16-11(3)8-15/h4-6,10-11H,7-8,14H2,1-3H3. The molecule has 16 heavy (non-hydrogen) atoms. The second-order valence-corrected chi connectivity index (χ2v) is 4.76. The van der Waals surface area contributed by atoms with Crippen molar-refractivity contribution in [2.75, 3.05) is 23.7 Å². The molecular weight excluding hydrogens is 200 g/mol. The van der Waals surface area contributed by atoms with Gasteiger partial charge in [0.25, 0.3) is 0 Å². The Balaban J connectivity index is 2.22. The number of hydrogen-bond donors (Lipinski definition) is 1. The van der Waals surface area contributed by atoms with E-state index in [2.05, 4.69) is 31.7 Å². The van der Waals surface area contributed by atoms with Gasteiger partial charge < -0.3 is 15.4 Å². The Morgan fingerprint density at radius 2 is 1.81 bits per heavy atom. The lowest BCUT2D eigenvalue weighted by Gasteiger charge is -2.37. The van der Waals surface area contributed by atoms with Crippen molar-refractivity contribution in [3.05, 3.63) is 23.8 Å². The summed E-state index contributed by atoms with van der Waals surface area (Å²) in [7, 11) is 0. The van der Waals surface area contributed by atoms with Gasteiger partial charge in [0.15, 0.2) is 0 Å². The molecule has 0 saturated carbocycles. The third-order valence-electron chi connectivity index (χ3n) is 2.87.